The third-order valence-corrected chi connectivity index (χ3v) is 11.2. The number of cyclic esters (lactones) is 1. The van der Waals surface area contributed by atoms with Gasteiger partial charge in [0.25, 0.3) is 8.32 Å². The van der Waals surface area contributed by atoms with Gasteiger partial charge in [-0.1, -0.05) is 104 Å². The molecule has 1 fully saturated rings. The highest BCUT2D eigenvalue weighted by Crippen LogP contribution is 2.39. The van der Waals surface area contributed by atoms with Gasteiger partial charge in [-0.2, -0.15) is 0 Å². The van der Waals surface area contributed by atoms with Crippen molar-refractivity contribution in [2.75, 3.05) is 4.43 Å². The molecule has 0 N–H and O–H groups in total. The molecule has 1 heterocycles. The molecule has 144 valence electrons. The van der Waals surface area contributed by atoms with Crippen LogP contribution in [0.4, 0.5) is 0 Å². The third-order valence-electron chi connectivity index (χ3n) is 5.15. The zero-order chi connectivity index (χ0) is 19.5. The van der Waals surface area contributed by atoms with Gasteiger partial charge in [-0.05, 0) is 15.4 Å². The second-order valence-electron chi connectivity index (χ2n) is 8.11. The Bertz CT molecular complexity index is 719. The maximum Gasteiger partial charge on any atom is 0.308 e. The summed E-state index contributed by atoms with van der Waals surface area (Å²) in [6, 6.07) is 21.1. The minimum atomic E-state index is -2.62. The Morgan fingerprint density at radius 3 is 2.00 bits per heavy atom. The van der Waals surface area contributed by atoms with Crippen molar-refractivity contribution >= 4 is 47.3 Å². The molecule has 0 aromatic heterocycles. The Labute approximate surface area is 176 Å². The Kier molecular flexibility index (Phi) is 6.43. The van der Waals surface area contributed by atoms with E-state index >= 15 is 0 Å². The number of carbonyl (C=O) groups is 1. The maximum absolute atomic E-state index is 12.2. The molecule has 0 radical (unpaired) electrons. The number of alkyl halides is 1. The van der Waals surface area contributed by atoms with E-state index in [1.165, 1.54) is 10.4 Å². The minimum Gasteiger partial charge on any atom is -0.461 e. The highest BCUT2D eigenvalue weighted by molar-refractivity contribution is 14.1. The van der Waals surface area contributed by atoms with Gasteiger partial charge in [-0.3, -0.25) is 4.79 Å². The van der Waals surface area contributed by atoms with Gasteiger partial charge in [0.05, 0.1) is 12.5 Å². The van der Waals surface area contributed by atoms with Crippen molar-refractivity contribution in [3.8, 4) is 0 Å². The van der Waals surface area contributed by atoms with Gasteiger partial charge in [0.1, 0.15) is 6.10 Å². The van der Waals surface area contributed by atoms with Crippen LogP contribution in [0.3, 0.4) is 0 Å². The lowest BCUT2D eigenvalue weighted by Crippen LogP contribution is -2.68. The number of carbonyl (C=O) groups excluding carboxylic acids is 1. The molecule has 1 saturated heterocycles. The molecule has 2 atom stereocenters. The van der Waals surface area contributed by atoms with Gasteiger partial charge in [-0.15, -0.1) is 0 Å². The average Bonchev–Trinajstić information content (AvgIpc) is 2.66. The van der Waals surface area contributed by atoms with E-state index in [0.29, 0.717) is 6.42 Å². The van der Waals surface area contributed by atoms with Crippen molar-refractivity contribution < 1.29 is 14.0 Å². The van der Waals surface area contributed by atoms with E-state index in [2.05, 4.69) is 91.9 Å². The highest BCUT2D eigenvalue weighted by Gasteiger charge is 2.52. The zero-order valence-electron chi connectivity index (χ0n) is 16.2. The number of esters is 1. The molecule has 5 heteroatoms. The lowest BCUT2D eigenvalue weighted by molar-refractivity contribution is -0.157. The van der Waals surface area contributed by atoms with Gasteiger partial charge in [0.2, 0.25) is 0 Å². The number of hydrogen-bond donors (Lipinski definition) is 0. The fourth-order valence-corrected chi connectivity index (χ4v) is 9.20. The van der Waals surface area contributed by atoms with E-state index in [4.69, 9.17) is 9.16 Å². The van der Waals surface area contributed by atoms with Gasteiger partial charge in [0, 0.05) is 10.8 Å². The summed E-state index contributed by atoms with van der Waals surface area (Å²) in [6.45, 7) is 6.78. The predicted octanol–water partition coefficient (Wildman–Crippen LogP) is 4.07. The monoisotopic (exact) mass is 494 g/mol. The predicted molar refractivity (Wildman–Crippen MR) is 120 cm³/mol. The first kappa shape index (κ1) is 20.5. The molecule has 3 rings (SSSR count). The second kappa shape index (κ2) is 8.45. The minimum absolute atomic E-state index is 0.0601. The van der Waals surface area contributed by atoms with Gasteiger partial charge in [-0.25, -0.2) is 0 Å². The number of ether oxygens (including phenoxy) is 1. The normalized spacial score (nSPS) is 21.0. The summed E-state index contributed by atoms with van der Waals surface area (Å²) in [5.41, 5.74) is 0. The smallest absolute Gasteiger partial charge is 0.308 e. The van der Waals surface area contributed by atoms with Crippen LogP contribution in [0.15, 0.2) is 60.7 Å². The summed E-state index contributed by atoms with van der Waals surface area (Å²) in [5, 5.41) is 2.40. The molecule has 3 nitrogen and oxygen atoms in total. The van der Waals surface area contributed by atoms with Gasteiger partial charge >= 0.3 is 5.97 Å². The second-order valence-corrected chi connectivity index (χ2v) is 13.2. The highest BCUT2D eigenvalue weighted by atomic mass is 127. The van der Waals surface area contributed by atoms with E-state index in [9.17, 15) is 4.79 Å². The van der Waals surface area contributed by atoms with Crippen LogP contribution in [0, 0.1) is 0 Å². The SMILES string of the molecule is CC(C)(C)[Si](O[C@@H]1CC(=O)O[C@@H](CI)C1)(c1ccccc1)c1ccccc1. The van der Waals surface area contributed by atoms with Crippen molar-refractivity contribution in [1.82, 2.24) is 0 Å². The lowest BCUT2D eigenvalue weighted by atomic mass is 10.1. The van der Waals surface area contributed by atoms with Gasteiger partial charge < -0.3 is 9.16 Å². The quantitative estimate of drug-likeness (QED) is 0.272. The summed E-state index contributed by atoms with van der Waals surface area (Å²) in [7, 11) is -2.62. The van der Waals surface area contributed by atoms with Crippen molar-refractivity contribution in [2.45, 2.75) is 50.9 Å². The standard InChI is InChI=1S/C22H27IO3Si/c1-22(2,3)27(19-10-6-4-7-11-19,20-12-8-5-9-13-20)26-17-14-18(16-23)25-21(24)15-17/h4-13,17-18H,14-16H2,1-3H3/t17-,18+/m0/s1. The molecule has 1 aliphatic heterocycles. The van der Waals surface area contributed by atoms with Crippen molar-refractivity contribution in [1.29, 1.82) is 0 Å². The number of rotatable bonds is 5. The molecule has 0 amide bonds. The molecule has 2 aromatic carbocycles. The van der Waals surface area contributed by atoms with Crippen LogP contribution in [0.5, 0.6) is 0 Å². The van der Waals surface area contributed by atoms with Crippen LogP contribution in [-0.4, -0.2) is 30.9 Å². The number of halogens is 1. The van der Waals surface area contributed by atoms with E-state index in [0.717, 1.165) is 10.8 Å². The molecule has 0 unspecified atom stereocenters. The Balaban J connectivity index is 2.11. The maximum atomic E-state index is 12.2. The molecule has 0 spiro atoms. The van der Waals surface area contributed by atoms with E-state index in [-0.39, 0.29) is 23.2 Å². The first-order valence-corrected chi connectivity index (χ1v) is 12.8. The van der Waals surface area contributed by atoms with E-state index in [1.807, 2.05) is 12.1 Å². The van der Waals surface area contributed by atoms with E-state index in [1.54, 1.807) is 0 Å². The summed E-state index contributed by atoms with van der Waals surface area (Å²) in [5.74, 6) is -0.147. The van der Waals surface area contributed by atoms with Crippen LogP contribution < -0.4 is 10.4 Å². The Hall–Kier alpha value is -1.18. The fraction of sp³-hybridized carbons (Fsp3) is 0.409. The molecule has 27 heavy (non-hydrogen) atoms. The first-order valence-electron chi connectivity index (χ1n) is 9.41. The molecule has 0 saturated carbocycles. The van der Waals surface area contributed by atoms with Crippen LogP contribution in [0.2, 0.25) is 5.04 Å². The summed E-state index contributed by atoms with van der Waals surface area (Å²) in [6.07, 6.45) is 0.920. The summed E-state index contributed by atoms with van der Waals surface area (Å²) >= 11 is 2.28. The third kappa shape index (κ3) is 4.30. The lowest BCUT2D eigenvalue weighted by Gasteiger charge is -2.46. The molecule has 2 aromatic rings. The Morgan fingerprint density at radius 2 is 1.56 bits per heavy atom. The zero-order valence-corrected chi connectivity index (χ0v) is 19.3. The molecular formula is C22H27IO3Si. The number of benzene rings is 2. The Morgan fingerprint density at radius 1 is 1.04 bits per heavy atom. The van der Waals surface area contributed by atoms with Crippen molar-refractivity contribution in [3.63, 3.8) is 0 Å². The average molecular weight is 494 g/mol. The number of hydrogen-bond acceptors (Lipinski definition) is 3. The molecule has 0 bridgehead atoms. The molecule has 0 aliphatic carbocycles. The van der Waals surface area contributed by atoms with Crippen LogP contribution in [-0.2, 0) is 14.0 Å². The van der Waals surface area contributed by atoms with Crippen molar-refractivity contribution in [2.24, 2.45) is 0 Å². The van der Waals surface area contributed by atoms with Crippen LogP contribution in [0.1, 0.15) is 33.6 Å². The van der Waals surface area contributed by atoms with Crippen molar-refractivity contribution in [3.05, 3.63) is 60.7 Å². The van der Waals surface area contributed by atoms with Crippen LogP contribution >= 0.6 is 22.6 Å². The first-order chi connectivity index (χ1) is 12.9. The molecular weight excluding hydrogens is 467 g/mol. The summed E-state index contributed by atoms with van der Waals surface area (Å²) < 4.78 is 13.3. The molecule has 1 aliphatic rings. The van der Waals surface area contributed by atoms with E-state index < -0.39 is 8.32 Å². The summed E-state index contributed by atoms with van der Waals surface area (Å²) in [4.78, 5) is 12.2. The largest absolute Gasteiger partial charge is 0.461 e. The van der Waals surface area contributed by atoms with Gasteiger partial charge in [0.15, 0.2) is 0 Å². The topological polar surface area (TPSA) is 35.5 Å². The van der Waals surface area contributed by atoms with Crippen LogP contribution in [0.25, 0.3) is 0 Å². The fourth-order valence-electron chi connectivity index (χ4n) is 3.97.